The Morgan fingerprint density at radius 2 is 1.95 bits per heavy atom. The van der Waals surface area contributed by atoms with Crippen LogP contribution in [0.2, 0.25) is 0 Å². The van der Waals surface area contributed by atoms with Crippen molar-refractivity contribution < 1.29 is 4.79 Å². The van der Waals surface area contributed by atoms with Gasteiger partial charge in [-0.15, -0.1) is 11.3 Å². The van der Waals surface area contributed by atoms with Crippen molar-refractivity contribution in [3.63, 3.8) is 0 Å². The molecule has 1 saturated heterocycles. The highest BCUT2D eigenvalue weighted by Crippen LogP contribution is 2.30. The first-order valence-corrected chi connectivity index (χ1v) is 8.84. The second-order valence-electron chi connectivity index (χ2n) is 6.48. The highest BCUT2D eigenvalue weighted by molar-refractivity contribution is 7.09. The maximum atomic E-state index is 12.4. The van der Waals surface area contributed by atoms with E-state index in [9.17, 15) is 4.79 Å². The summed E-state index contributed by atoms with van der Waals surface area (Å²) in [6, 6.07) is 4.28. The van der Waals surface area contributed by atoms with Gasteiger partial charge in [0.25, 0.3) is 0 Å². The van der Waals surface area contributed by atoms with Gasteiger partial charge < -0.3 is 10.6 Å². The first-order valence-electron chi connectivity index (χ1n) is 7.96. The largest absolute Gasteiger partial charge is 0.340 e. The zero-order valence-electron chi connectivity index (χ0n) is 12.6. The Morgan fingerprint density at radius 1 is 1.24 bits per heavy atom. The number of amides is 1. The molecule has 0 aromatic carbocycles. The third kappa shape index (κ3) is 3.84. The molecule has 0 unspecified atom stereocenters. The van der Waals surface area contributed by atoms with E-state index in [0.717, 1.165) is 45.6 Å². The monoisotopic (exact) mass is 307 g/mol. The Hall–Kier alpha value is -0.910. The fourth-order valence-electron chi connectivity index (χ4n) is 3.45. The predicted octanol–water partition coefficient (Wildman–Crippen LogP) is 2.05. The van der Waals surface area contributed by atoms with E-state index in [1.54, 1.807) is 11.3 Å². The Morgan fingerprint density at radius 3 is 2.57 bits per heavy atom. The van der Waals surface area contributed by atoms with E-state index in [4.69, 9.17) is 5.73 Å². The predicted molar refractivity (Wildman–Crippen MR) is 86.2 cm³/mol. The van der Waals surface area contributed by atoms with Crippen molar-refractivity contribution in [1.29, 1.82) is 0 Å². The minimum Gasteiger partial charge on any atom is -0.340 e. The van der Waals surface area contributed by atoms with Gasteiger partial charge in [-0.05, 0) is 24.3 Å². The van der Waals surface area contributed by atoms with Crippen molar-refractivity contribution in [2.45, 2.75) is 44.2 Å². The summed E-state index contributed by atoms with van der Waals surface area (Å²) in [7, 11) is 0. The molecule has 116 valence electrons. The van der Waals surface area contributed by atoms with E-state index in [1.807, 2.05) is 4.90 Å². The Kier molecular flexibility index (Phi) is 4.62. The molecule has 2 heterocycles. The van der Waals surface area contributed by atoms with Gasteiger partial charge >= 0.3 is 0 Å². The topological polar surface area (TPSA) is 49.6 Å². The number of hydrogen-bond acceptors (Lipinski definition) is 4. The molecule has 2 fully saturated rings. The van der Waals surface area contributed by atoms with Crippen LogP contribution >= 0.6 is 11.3 Å². The number of rotatable bonds is 4. The van der Waals surface area contributed by atoms with Crippen LogP contribution < -0.4 is 5.73 Å². The van der Waals surface area contributed by atoms with Gasteiger partial charge in [0.15, 0.2) is 0 Å². The normalized spacial score (nSPS) is 22.6. The smallest absolute Gasteiger partial charge is 0.224 e. The third-order valence-electron chi connectivity index (χ3n) is 4.79. The zero-order valence-corrected chi connectivity index (χ0v) is 13.4. The minimum atomic E-state index is -0.217. The lowest BCUT2D eigenvalue weighted by atomic mass is 9.94. The van der Waals surface area contributed by atoms with Crippen LogP contribution in [0.5, 0.6) is 0 Å². The lowest BCUT2D eigenvalue weighted by molar-refractivity contribution is -0.134. The molecular formula is C16H25N3OS. The van der Waals surface area contributed by atoms with Gasteiger partial charge in [-0.25, -0.2) is 0 Å². The number of nitrogens with zero attached hydrogens (tertiary/aromatic N) is 2. The molecular weight excluding hydrogens is 282 g/mol. The molecule has 1 amide bonds. The van der Waals surface area contributed by atoms with Gasteiger partial charge in [0.1, 0.15) is 0 Å². The number of piperazine rings is 1. The molecule has 21 heavy (non-hydrogen) atoms. The first-order chi connectivity index (χ1) is 10.1. The van der Waals surface area contributed by atoms with Crippen LogP contribution in [0.25, 0.3) is 0 Å². The summed E-state index contributed by atoms with van der Waals surface area (Å²) < 4.78 is 0. The van der Waals surface area contributed by atoms with Crippen molar-refractivity contribution in [3.8, 4) is 0 Å². The maximum absolute atomic E-state index is 12.4. The minimum absolute atomic E-state index is 0.217. The van der Waals surface area contributed by atoms with Crippen LogP contribution in [0, 0.1) is 0 Å². The fraction of sp³-hybridized carbons (Fsp3) is 0.688. The van der Waals surface area contributed by atoms with E-state index >= 15 is 0 Å². The molecule has 0 radical (unpaired) electrons. The summed E-state index contributed by atoms with van der Waals surface area (Å²) in [5.74, 6) is 0.259. The van der Waals surface area contributed by atoms with Crippen molar-refractivity contribution in [3.05, 3.63) is 22.4 Å². The molecule has 0 bridgehead atoms. The quantitative estimate of drug-likeness (QED) is 0.926. The van der Waals surface area contributed by atoms with Gasteiger partial charge in [0.2, 0.25) is 5.91 Å². The van der Waals surface area contributed by atoms with Crippen molar-refractivity contribution >= 4 is 17.2 Å². The van der Waals surface area contributed by atoms with E-state index < -0.39 is 0 Å². The molecule has 5 heteroatoms. The Labute approximate surface area is 130 Å². The van der Waals surface area contributed by atoms with Gasteiger partial charge in [0, 0.05) is 49.6 Å². The van der Waals surface area contributed by atoms with Crippen LogP contribution in [0.4, 0.5) is 0 Å². The summed E-state index contributed by atoms with van der Waals surface area (Å²) >= 11 is 1.81. The molecule has 1 aromatic rings. The van der Waals surface area contributed by atoms with Gasteiger partial charge in [-0.2, -0.15) is 0 Å². The molecule has 4 nitrogen and oxygen atoms in total. The van der Waals surface area contributed by atoms with E-state index in [1.165, 1.54) is 17.7 Å². The van der Waals surface area contributed by atoms with Crippen LogP contribution in [0.3, 0.4) is 0 Å². The molecule has 2 N–H and O–H groups in total. The first kappa shape index (κ1) is 15.0. The highest BCUT2D eigenvalue weighted by atomic mass is 32.1. The van der Waals surface area contributed by atoms with Gasteiger partial charge in [-0.3, -0.25) is 9.69 Å². The van der Waals surface area contributed by atoms with Gasteiger partial charge in [-0.1, -0.05) is 18.9 Å². The SMILES string of the molecule is NC1(CC(=O)N2CCN(Cc3cccs3)CC2)CCCC1. The average molecular weight is 307 g/mol. The lowest BCUT2D eigenvalue weighted by Gasteiger charge is -2.36. The molecule has 0 spiro atoms. The Bertz CT molecular complexity index is 460. The fourth-order valence-corrected chi connectivity index (χ4v) is 4.19. The van der Waals surface area contributed by atoms with Crippen LogP contribution in [0.1, 0.15) is 37.0 Å². The van der Waals surface area contributed by atoms with Crippen molar-refractivity contribution in [2.24, 2.45) is 5.73 Å². The standard InChI is InChI=1S/C16H25N3OS/c17-16(5-1-2-6-16)12-15(20)19-9-7-18(8-10-19)13-14-4-3-11-21-14/h3-4,11H,1-2,5-10,12-13,17H2. The summed E-state index contributed by atoms with van der Waals surface area (Å²) in [6.07, 6.45) is 4.92. The van der Waals surface area contributed by atoms with Gasteiger partial charge in [0.05, 0.1) is 0 Å². The highest BCUT2D eigenvalue weighted by Gasteiger charge is 2.34. The molecule has 1 saturated carbocycles. The van der Waals surface area contributed by atoms with E-state index in [-0.39, 0.29) is 11.4 Å². The van der Waals surface area contributed by atoms with Crippen LogP contribution in [-0.4, -0.2) is 47.4 Å². The summed E-state index contributed by atoms with van der Waals surface area (Å²) in [6.45, 7) is 4.66. The number of nitrogens with two attached hydrogens (primary N) is 1. The van der Waals surface area contributed by atoms with E-state index in [2.05, 4.69) is 22.4 Å². The third-order valence-corrected chi connectivity index (χ3v) is 5.65. The summed E-state index contributed by atoms with van der Waals surface area (Å²) in [4.78, 5) is 18.3. The molecule has 1 aliphatic heterocycles. The molecule has 2 aliphatic rings. The second kappa shape index (κ2) is 6.46. The molecule has 3 rings (SSSR count). The molecule has 0 atom stereocenters. The zero-order chi connectivity index (χ0) is 14.7. The maximum Gasteiger partial charge on any atom is 0.224 e. The lowest BCUT2D eigenvalue weighted by Crippen LogP contribution is -2.51. The van der Waals surface area contributed by atoms with Crippen molar-refractivity contribution in [1.82, 2.24) is 9.80 Å². The average Bonchev–Trinajstić information content (AvgIpc) is 3.11. The van der Waals surface area contributed by atoms with E-state index in [0.29, 0.717) is 6.42 Å². The van der Waals surface area contributed by atoms with Crippen molar-refractivity contribution in [2.75, 3.05) is 26.2 Å². The number of carbonyl (C=O) groups is 1. The summed E-state index contributed by atoms with van der Waals surface area (Å²) in [5.41, 5.74) is 6.11. The number of hydrogen-bond donors (Lipinski definition) is 1. The molecule has 1 aromatic heterocycles. The second-order valence-corrected chi connectivity index (χ2v) is 7.51. The van der Waals surface area contributed by atoms with Crippen LogP contribution in [-0.2, 0) is 11.3 Å². The Balaban J connectivity index is 1.45. The summed E-state index contributed by atoms with van der Waals surface area (Å²) in [5, 5.41) is 2.12. The molecule has 1 aliphatic carbocycles. The number of thiophene rings is 1. The van der Waals surface area contributed by atoms with Crippen LogP contribution in [0.15, 0.2) is 17.5 Å². The number of carbonyl (C=O) groups excluding carboxylic acids is 1.